The number of hydrogen-bond acceptors (Lipinski definition) is 7. The number of carbonyl (C=O) groups excluding carboxylic acids is 1. The predicted octanol–water partition coefficient (Wildman–Crippen LogP) is 0.912. The molecule has 26 heavy (non-hydrogen) atoms. The summed E-state index contributed by atoms with van der Waals surface area (Å²) in [5.41, 5.74) is 0.952. The molecule has 3 heterocycles. The summed E-state index contributed by atoms with van der Waals surface area (Å²) in [7, 11) is 0. The summed E-state index contributed by atoms with van der Waals surface area (Å²) in [6.45, 7) is 3.17. The van der Waals surface area contributed by atoms with Gasteiger partial charge in [0.2, 0.25) is 16.0 Å². The van der Waals surface area contributed by atoms with Gasteiger partial charge in [-0.15, -0.1) is 5.10 Å². The van der Waals surface area contributed by atoms with Gasteiger partial charge in [0.05, 0.1) is 6.54 Å². The highest BCUT2D eigenvalue weighted by atomic mass is 32.1. The molecule has 1 saturated heterocycles. The lowest BCUT2D eigenvalue weighted by Crippen LogP contribution is -2.50. The predicted molar refractivity (Wildman–Crippen MR) is 101 cm³/mol. The topological polar surface area (TPSA) is 82.8 Å². The zero-order valence-electron chi connectivity index (χ0n) is 14.0. The zero-order valence-corrected chi connectivity index (χ0v) is 14.9. The first-order chi connectivity index (χ1) is 12.7. The average molecular weight is 370 g/mol. The Morgan fingerprint density at radius 2 is 1.88 bits per heavy atom. The molecule has 0 radical (unpaired) electrons. The molecule has 0 bridgehead atoms. The molecular formula is C17H18N6O2S. The van der Waals surface area contributed by atoms with Crippen molar-refractivity contribution in [3.63, 3.8) is 0 Å². The van der Waals surface area contributed by atoms with Crippen LogP contribution in [0.25, 0.3) is 4.96 Å². The quantitative estimate of drug-likeness (QED) is 0.735. The number of anilines is 2. The molecule has 1 amide bonds. The molecule has 3 aromatic rings. The number of benzene rings is 1. The number of nitrogens with one attached hydrogen (secondary N) is 1. The fraction of sp³-hybridized carbons (Fsp3) is 0.294. The Morgan fingerprint density at radius 1 is 1.12 bits per heavy atom. The van der Waals surface area contributed by atoms with E-state index >= 15 is 0 Å². The van der Waals surface area contributed by atoms with Gasteiger partial charge >= 0.3 is 0 Å². The van der Waals surface area contributed by atoms with Gasteiger partial charge in [-0.25, -0.2) is 4.98 Å². The summed E-state index contributed by atoms with van der Waals surface area (Å²) < 4.78 is 1.23. The lowest BCUT2D eigenvalue weighted by molar-refractivity contribution is -0.129. The summed E-state index contributed by atoms with van der Waals surface area (Å²) in [6.07, 6.45) is 1.46. The first-order valence-corrected chi connectivity index (χ1v) is 9.19. The molecule has 1 aliphatic heterocycles. The first-order valence-electron chi connectivity index (χ1n) is 8.37. The minimum Gasteiger partial charge on any atom is -0.368 e. The minimum absolute atomic E-state index is 0.0253. The van der Waals surface area contributed by atoms with Crippen LogP contribution in [-0.2, 0) is 4.79 Å². The molecule has 2 aromatic heterocycles. The van der Waals surface area contributed by atoms with Crippen LogP contribution in [0.4, 0.5) is 10.8 Å². The van der Waals surface area contributed by atoms with Gasteiger partial charge in [-0.05, 0) is 12.1 Å². The number of fused-ring (bicyclic) bond motifs is 1. The highest BCUT2D eigenvalue weighted by Gasteiger charge is 2.21. The van der Waals surface area contributed by atoms with Gasteiger partial charge in [0.15, 0.2) is 0 Å². The molecule has 0 unspecified atom stereocenters. The summed E-state index contributed by atoms with van der Waals surface area (Å²) in [5, 5.41) is 7.67. The van der Waals surface area contributed by atoms with Gasteiger partial charge in [0.25, 0.3) is 5.56 Å². The van der Waals surface area contributed by atoms with Crippen LogP contribution in [0.2, 0.25) is 0 Å². The molecule has 0 spiro atoms. The maximum atomic E-state index is 12.4. The van der Waals surface area contributed by atoms with Gasteiger partial charge in [-0.2, -0.15) is 4.52 Å². The highest BCUT2D eigenvalue weighted by molar-refractivity contribution is 7.20. The van der Waals surface area contributed by atoms with Crippen molar-refractivity contribution >= 4 is 33.0 Å². The number of carbonyl (C=O) groups is 1. The normalized spacial score (nSPS) is 14.6. The van der Waals surface area contributed by atoms with Crippen molar-refractivity contribution in [1.29, 1.82) is 0 Å². The fourth-order valence-corrected chi connectivity index (χ4v) is 3.70. The molecule has 1 N–H and O–H groups in total. The van der Waals surface area contributed by atoms with Crippen LogP contribution in [0, 0.1) is 0 Å². The van der Waals surface area contributed by atoms with Gasteiger partial charge in [0.1, 0.15) is 0 Å². The second-order valence-electron chi connectivity index (χ2n) is 5.94. The Morgan fingerprint density at radius 3 is 2.62 bits per heavy atom. The number of amides is 1. The van der Waals surface area contributed by atoms with E-state index in [-0.39, 0.29) is 18.0 Å². The van der Waals surface area contributed by atoms with E-state index in [9.17, 15) is 9.59 Å². The van der Waals surface area contributed by atoms with E-state index in [0.29, 0.717) is 23.2 Å². The third-order valence-electron chi connectivity index (χ3n) is 4.32. The second kappa shape index (κ2) is 7.12. The standard InChI is InChI=1S/C17H18N6O2S/c24-14-6-7-18-17-23(14)20-16(26-17)19-12-15(25)22-10-8-21(9-11-22)13-4-2-1-3-5-13/h1-7H,8-12H2,(H,19,20). The van der Waals surface area contributed by atoms with Gasteiger partial charge < -0.3 is 15.1 Å². The Bertz CT molecular complexity index is 962. The Labute approximate surface area is 153 Å². The van der Waals surface area contributed by atoms with E-state index in [2.05, 4.69) is 32.4 Å². The second-order valence-corrected chi connectivity index (χ2v) is 6.90. The van der Waals surface area contributed by atoms with Crippen LogP contribution in [0.1, 0.15) is 0 Å². The summed E-state index contributed by atoms with van der Waals surface area (Å²) >= 11 is 1.25. The van der Waals surface area contributed by atoms with E-state index in [1.165, 1.54) is 33.8 Å². The van der Waals surface area contributed by atoms with E-state index in [0.717, 1.165) is 13.1 Å². The molecule has 4 rings (SSSR count). The number of aromatic nitrogens is 3. The minimum atomic E-state index is -0.234. The van der Waals surface area contributed by atoms with E-state index in [1.54, 1.807) is 0 Å². The van der Waals surface area contributed by atoms with Crippen molar-refractivity contribution in [2.75, 3.05) is 42.9 Å². The third kappa shape index (κ3) is 3.38. The molecule has 8 nitrogen and oxygen atoms in total. The molecule has 9 heteroatoms. The number of para-hydroxylation sites is 1. The molecular weight excluding hydrogens is 352 g/mol. The van der Waals surface area contributed by atoms with Crippen LogP contribution in [0.5, 0.6) is 0 Å². The van der Waals surface area contributed by atoms with E-state index < -0.39 is 0 Å². The Hall–Kier alpha value is -2.94. The van der Waals surface area contributed by atoms with E-state index in [1.807, 2.05) is 23.1 Å². The van der Waals surface area contributed by atoms with Crippen molar-refractivity contribution in [3.05, 3.63) is 52.9 Å². The first kappa shape index (κ1) is 16.5. The SMILES string of the molecule is O=C(CNc1nn2c(=O)ccnc2s1)N1CCN(c2ccccc2)CC1. The highest BCUT2D eigenvalue weighted by Crippen LogP contribution is 2.17. The molecule has 1 aliphatic rings. The summed E-state index contributed by atoms with van der Waals surface area (Å²) in [6, 6.07) is 11.6. The largest absolute Gasteiger partial charge is 0.368 e. The summed E-state index contributed by atoms with van der Waals surface area (Å²) in [5.74, 6) is 0.0253. The molecule has 0 aliphatic carbocycles. The van der Waals surface area contributed by atoms with Crippen molar-refractivity contribution in [2.45, 2.75) is 0 Å². The number of hydrogen-bond donors (Lipinski definition) is 1. The summed E-state index contributed by atoms with van der Waals surface area (Å²) in [4.78, 5) is 32.8. The maximum Gasteiger partial charge on any atom is 0.275 e. The van der Waals surface area contributed by atoms with Crippen LogP contribution < -0.4 is 15.8 Å². The van der Waals surface area contributed by atoms with Crippen LogP contribution in [0.15, 0.2) is 47.4 Å². The smallest absolute Gasteiger partial charge is 0.275 e. The van der Waals surface area contributed by atoms with Crippen molar-refractivity contribution < 1.29 is 4.79 Å². The third-order valence-corrected chi connectivity index (χ3v) is 5.20. The van der Waals surface area contributed by atoms with Crippen molar-refractivity contribution in [2.24, 2.45) is 0 Å². The monoisotopic (exact) mass is 370 g/mol. The van der Waals surface area contributed by atoms with Crippen LogP contribution in [0.3, 0.4) is 0 Å². The van der Waals surface area contributed by atoms with Crippen molar-refractivity contribution in [3.8, 4) is 0 Å². The van der Waals surface area contributed by atoms with Crippen LogP contribution in [-0.4, -0.2) is 58.1 Å². The molecule has 1 aromatic carbocycles. The number of piperazine rings is 1. The maximum absolute atomic E-state index is 12.4. The Kier molecular flexibility index (Phi) is 4.53. The Balaban J connectivity index is 1.32. The average Bonchev–Trinajstić information content (AvgIpc) is 3.11. The molecule has 0 saturated carbocycles. The van der Waals surface area contributed by atoms with E-state index in [4.69, 9.17) is 0 Å². The fourth-order valence-electron chi connectivity index (χ4n) is 2.93. The lowest BCUT2D eigenvalue weighted by atomic mass is 10.2. The van der Waals surface area contributed by atoms with Gasteiger partial charge in [0, 0.05) is 44.1 Å². The number of rotatable bonds is 4. The van der Waals surface area contributed by atoms with Crippen molar-refractivity contribution in [1.82, 2.24) is 19.5 Å². The van der Waals surface area contributed by atoms with Gasteiger partial charge in [-0.3, -0.25) is 9.59 Å². The zero-order chi connectivity index (χ0) is 17.9. The molecule has 134 valence electrons. The lowest BCUT2D eigenvalue weighted by Gasteiger charge is -2.36. The van der Waals surface area contributed by atoms with Gasteiger partial charge in [-0.1, -0.05) is 29.5 Å². The molecule has 0 atom stereocenters. The molecule has 1 fully saturated rings. The van der Waals surface area contributed by atoms with Crippen LogP contribution >= 0.6 is 11.3 Å². The number of nitrogens with zero attached hydrogens (tertiary/aromatic N) is 5.